The number of carbonyl (C=O) groups excluding carboxylic acids is 2. The first-order valence-corrected chi connectivity index (χ1v) is 9.89. The maximum absolute atomic E-state index is 12.9. The Hall–Kier alpha value is -1.82. The van der Waals surface area contributed by atoms with E-state index < -0.39 is 6.04 Å². The topological polar surface area (TPSA) is 67.4 Å². The van der Waals surface area contributed by atoms with E-state index >= 15 is 0 Å². The third-order valence-electron chi connectivity index (χ3n) is 5.52. The average Bonchev–Trinajstić information content (AvgIpc) is 2.58. The summed E-state index contributed by atoms with van der Waals surface area (Å²) < 4.78 is 6.77. The van der Waals surface area contributed by atoms with Gasteiger partial charge in [0.05, 0.1) is 11.6 Å². The summed E-state index contributed by atoms with van der Waals surface area (Å²) in [5, 5.41) is 5.54. The van der Waals surface area contributed by atoms with Crippen molar-refractivity contribution in [2.75, 3.05) is 0 Å². The van der Waals surface area contributed by atoms with Gasteiger partial charge in [0, 0.05) is 10.2 Å². The number of carbonyl (C=O) groups is 2. The number of urea groups is 1. The van der Waals surface area contributed by atoms with Crippen LogP contribution in [0.15, 0.2) is 40.0 Å². The Morgan fingerprint density at radius 3 is 2.50 bits per heavy atom. The molecule has 4 atom stereocenters. The van der Waals surface area contributed by atoms with Crippen LogP contribution in [0.1, 0.15) is 51.6 Å². The van der Waals surface area contributed by atoms with E-state index in [9.17, 15) is 9.59 Å². The standard InChI is InChI=1S/C20H25BrN2O3/c1-11-4-9-16(10-12(11)2)26-19(24)17-13(3)22-20(25)23-18(17)14-5-7-15(21)8-6-14/h5-8,11-12,16,18H,4,9-10H2,1-3H3,(H2,22,23,25)/t11-,12+,16+,18-/m1/s1. The van der Waals surface area contributed by atoms with E-state index in [1.54, 1.807) is 6.92 Å². The first kappa shape index (κ1) is 19.0. The van der Waals surface area contributed by atoms with E-state index in [4.69, 9.17) is 4.74 Å². The Kier molecular flexibility index (Phi) is 5.70. The Morgan fingerprint density at radius 2 is 1.85 bits per heavy atom. The second kappa shape index (κ2) is 7.82. The summed E-state index contributed by atoms with van der Waals surface area (Å²) in [6, 6.07) is 6.76. The minimum absolute atomic E-state index is 0.0582. The molecule has 2 aliphatic rings. The quantitative estimate of drug-likeness (QED) is 0.709. The zero-order valence-electron chi connectivity index (χ0n) is 15.3. The maximum atomic E-state index is 12.9. The Bertz CT molecular complexity index is 729. The number of amides is 2. The van der Waals surface area contributed by atoms with Crippen LogP contribution >= 0.6 is 15.9 Å². The Morgan fingerprint density at radius 1 is 1.15 bits per heavy atom. The van der Waals surface area contributed by atoms with Crippen molar-refractivity contribution in [3.8, 4) is 0 Å². The number of allylic oxidation sites excluding steroid dienone is 1. The molecule has 0 bridgehead atoms. The van der Waals surface area contributed by atoms with Gasteiger partial charge in [-0.25, -0.2) is 9.59 Å². The lowest BCUT2D eigenvalue weighted by Crippen LogP contribution is -2.45. The molecule has 0 unspecified atom stereocenters. The van der Waals surface area contributed by atoms with E-state index in [2.05, 4.69) is 40.4 Å². The third kappa shape index (κ3) is 4.11. The molecule has 26 heavy (non-hydrogen) atoms. The van der Waals surface area contributed by atoms with Crippen molar-refractivity contribution in [1.82, 2.24) is 10.6 Å². The van der Waals surface area contributed by atoms with Gasteiger partial charge in [-0.2, -0.15) is 0 Å². The van der Waals surface area contributed by atoms with E-state index in [1.807, 2.05) is 24.3 Å². The van der Waals surface area contributed by atoms with Gasteiger partial charge in [0.15, 0.2) is 0 Å². The fourth-order valence-electron chi connectivity index (χ4n) is 3.69. The normalized spacial score (nSPS) is 29.0. The SMILES string of the molecule is CC1=C(C(=O)O[C@H]2CC[C@@H](C)[C@@H](C)C2)[C@@H](c2ccc(Br)cc2)NC(=O)N1. The van der Waals surface area contributed by atoms with Gasteiger partial charge in [-0.3, -0.25) is 0 Å². The van der Waals surface area contributed by atoms with Crippen molar-refractivity contribution in [2.45, 2.75) is 52.2 Å². The van der Waals surface area contributed by atoms with Gasteiger partial charge in [-0.05, 0) is 55.7 Å². The molecule has 0 aromatic heterocycles. The van der Waals surface area contributed by atoms with Crippen LogP contribution in [-0.4, -0.2) is 18.1 Å². The number of hydrogen-bond acceptors (Lipinski definition) is 3. The predicted octanol–water partition coefficient (Wildman–Crippen LogP) is 4.44. The molecule has 1 fully saturated rings. The molecular formula is C20H25BrN2O3. The van der Waals surface area contributed by atoms with Crippen molar-refractivity contribution in [2.24, 2.45) is 11.8 Å². The number of esters is 1. The summed E-state index contributed by atoms with van der Waals surface area (Å²) in [6.45, 7) is 6.20. The summed E-state index contributed by atoms with van der Waals surface area (Å²) in [5.74, 6) is 0.856. The molecule has 2 N–H and O–H groups in total. The largest absolute Gasteiger partial charge is 0.459 e. The highest BCUT2D eigenvalue weighted by atomic mass is 79.9. The molecule has 1 aliphatic carbocycles. The lowest BCUT2D eigenvalue weighted by Gasteiger charge is -2.33. The molecule has 5 nitrogen and oxygen atoms in total. The summed E-state index contributed by atoms with van der Waals surface area (Å²) in [5.41, 5.74) is 1.86. The lowest BCUT2D eigenvalue weighted by atomic mass is 9.80. The molecule has 1 aromatic carbocycles. The van der Waals surface area contributed by atoms with Gasteiger partial charge >= 0.3 is 12.0 Å². The average molecular weight is 421 g/mol. The van der Waals surface area contributed by atoms with Crippen molar-refractivity contribution in [3.05, 3.63) is 45.6 Å². The zero-order valence-corrected chi connectivity index (χ0v) is 16.9. The highest BCUT2D eigenvalue weighted by Gasteiger charge is 2.34. The molecule has 0 spiro atoms. The molecule has 1 aromatic rings. The maximum Gasteiger partial charge on any atom is 0.338 e. The summed E-state index contributed by atoms with van der Waals surface area (Å²) in [6.07, 6.45) is 2.80. The first-order chi connectivity index (χ1) is 12.3. The van der Waals surface area contributed by atoms with Crippen molar-refractivity contribution < 1.29 is 14.3 Å². The number of hydrogen-bond donors (Lipinski definition) is 2. The van der Waals surface area contributed by atoms with Crippen LogP contribution < -0.4 is 10.6 Å². The number of halogens is 1. The monoisotopic (exact) mass is 420 g/mol. The van der Waals surface area contributed by atoms with Gasteiger partial charge in [-0.15, -0.1) is 0 Å². The minimum atomic E-state index is -0.510. The van der Waals surface area contributed by atoms with E-state index in [1.165, 1.54) is 0 Å². The third-order valence-corrected chi connectivity index (χ3v) is 6.04. The fraction of sp³-hybridized carbons (Fsp3) is 0.500. The Balaban J connectivity index is 1.82. The second-order valence-electron chi connectivity index (χ2n) is 7.42. The van der Waals surface area contributed by atoms with Crippen LogP contribution in [0, 0.1) is 11.8 Å². The van der Waals surface area contributed by atoms with E-state index in [0.717, 1.165) is 29.3 Å². The zero-order chi connectivity index (χ0) is 18.8. The molecule has 1 saturated carbocycles. The fourth-order valence-corrected chi connectivity index (χ4v) is 3.95. The summed E-state index contributed by atoms with van der Waals surface area (Å²) >= 11 is 3.41. The number of ether oxygens (including phenoxy) is 1. The van der Waals surface area contributed by atoms with E-state index in [-0.39, 0.29) is 18.1 Å². The molecule has 140 valence electrons. The number of benzene rings is 1. The van der Waals surface area contributed by atoms with Crippen LogP contribution in [0.3, 0.4) is 0 Å². The second-order valence-corrected chi connectivity index (χ2v) is 8.33. The van der Waals surface area contributed by atoms with Gasteiger partial charge in [0.1, 0.15) is 6.10 Å². The number of rotatable bonds is 3. The van der Waals surface area contributed by atoms with Gasteiger partial charge < -0.3 is 15.4 Å². The van der Waals surface area contributed by atoms with Gasteiger partial charge in [0.2, 0.25) is 0 Å². The van der Waals surface area contributed by atoms with Crippen LogP contribution in [0.2, 0.25) is 0 Å². The van der Waals surface area contributed by atoms with Crippen molar-refractivity contribution >= 4 is 27.9 Å². The molecule has 1 heterocycles. The molecule has 3 rings (SSSR count). The van der Waals surface area contributed by atoms with Crippen LogP contribution in [0.25, 0.3) is 0 Å². The number of nitrogens with one attached hydrogen (secondary N) is 2. The summed E-state index contributed by atoms with van der Waals surface area (Å²) in [7, 11) is 0. The molecule has 2 amide bonds. The molecule has 0 saturated heterocycles. The Labute approximate surface area is 162 Å². The van der Waals surface area contributed by atoms with Crippen LogP contribution in [0.5, 0.6) is 0 Å². The van der Waals surface area contributed by atoms with Crippen LogP contribution in [-0.2, 0) is 9.53 Å². The van der Waals surface area contributed by atoms with Crippen LogP contribution in [0.4, 0.5) is 4.79 Å². The van der Waals surface area contributed by atoms with Gasteiger partial charge in [0.25, 0.3) is 0 Å². The lowest BCUT2D eigenvalue weighted by molar-refractivity contribution is -0.147. The smallest absolute Gasteiger partial charge is 0.338 e. The molecule has 1 aliphatic heterocycles. The first-order valence-electron chi connectivity index (χ1n) is 9.10. The molecule has 6 heteroatoms. The highest BCUT2D eigenvalue weighted by Crippen LogP contribution is 2.33. The van der Waals surface area contributed by atoms with E-state index in [0.29, 0.717) is 23.1 Å². The molecular weight excluding hydrogens is 396 g/mol. The van der Waals surface area contributed by atoms with Crippen molar-refractivity contribution in [3.63, 3.8) is 0 Å². The molecule has 0 radical (unpaired) electrons. The predicted molar refractivity (Wildman–Crippen MR) is 103 cm³/mol. The minimum Gasteiger partial charge on any atom is -0.459 e. The summed E-state index contributed by atoms with van der Waals surface area (Å²) in [4.78, 5) is 24.9. The van der Waals surface area contributed by atoms with Gasteiger partial charge in [-0.1, -0.05) is 41.9 Å². The van der Waals surface area contributed by atoms with Crippen molar-refractivity contribution in [1.29, 1.82) is 0 Å². The highest BCUT2D eigenvalue weighted by molar-refractivity contribution is 9.10.